The van der Waals surface area contributed by atoms with Crippen molar-refractivity contribution >= 4 is 35.1 Å². The Labute approximate surface area is 167 Å². The zero-order valence-corrected chi connectivity index (χ0v) is 16.0. The van der Waals surface area contributed by atoms with Crippen LogP contribution in [0.4, 0.5) is 11.4 Å². The van der Waals surface area contributed by atoms with Crippen molar-refractivity contribution in [3.8, 4) is 0 Å². The van der Waals surface area contributed by atoms with Gasteiger partial charge in [-0.1, -0.05) is 28.9 Å². The predicted molar refractivity (Wildman–Crippen MR) is 107 cm³/mol. The first kappa shape index (κ1) is 19.6. The van der Waals surface area contributed by atoms with Crippen molar-refractivity contribution in [1.29, 1.82) is 0 Å². The van der Waals surface area contributed by atoms with Crippen LogP contribution < -0.4 is 4.90 Å². The van der Waals surface area contributed by atoms with E-state index in [1.807, 2.05) is 4.90 Å². The summed E-state index contributed by atoms with van der Waals surface area (Å²) in [5, 5.41) is 15.7. The van der Waals surface area contributed by atoms with E-state index >= 15 is 0 Å². The zero-order chi connectivity index (χ0) is 20.1. The average molecular weight is 403 g/mol. The lowest BCUT2D eigenvalue weighted by Gasteiger charge is -2.35. The van der Waals surface area contributed by atoms with Crippen LogP contribution in [-0.4, -0.2) is 55.2 Å². The second-order valence-corrected chi connectivity index (χ2v) is 6.65. The summed E-state index contributed by atoms with van der Waals surface area (Å²) in [6.45, 7) is 1.93. The number of nitro groups is 1. The molecule has 0 atom stereocenters. The monoisotopic (exact) mass is 402 g/mol. The number of rotatable bonds is 5. The Bertz CT molecular complexity index is 911. The standard InChI is InChI=1S/C19H19ClN4O4/c1-28-21-13-14-5-6-17(18(11-14)24(26)27)22-7-9-23(10-8-22)19(25)15-3-2-4-16(20)12-15/h2-6,11-13H,7-10H2,1H3/b21-13+. The Balaban J connectivity index is 1.73. The molecule has 8 nitrogen and oxygen atoms in total. The molecule has 1 aliphatic rings. The molecule has 9 heteroatoms. The van der Waals surface area contributed by atoms with E-state index in [0.29, 0.717) is 48.0 Å². The average Bonchev–Trinajstić information content (AvgIpc) is 2.71. The van der Waals surface area contributed by atoms with Crippen molar-refractivity contribution in [2.75, 3.05) is 38.2 Å². The molecule has 0 unspecified atom stereocenters. The van der Waals surface area contributed by atoms with Crippen molar-refractivity contribution < 1.29 is 14.6 Å². The maximum Gasteiger partial charge on any atom is 0.293 e. The van der Waals surface area contributed by atoms with Gasteiger partial charge in [0.1, 0.15) is 12.8 Å². The fourth-order valence-corrected chi connectivity index (χ4v) is 3.29. The van der Waals surface area contributed by atoms with Crippen molar-refractivity contribution in [2.45, 2.75) is 0 Å². The van der Waals surface area contributed by atoms with Gasteiger partial charge in [0.15, 0.2) is 0 Å². The number of nitro benzene ring substituents is 1. The minimum absolute atomic E-state index is 0.00493. The van der Waals surface area contributed by atoms with Gasteiger partial charge < -0.3 is 14.6 Å². The normalized spacial score (nSPS) is 14.4. The smallest absolute Gasteiger partial charge is 0.293 e. The first-order chi connectivity index (χ1) is 13.5. The molecule has 0 saturated carbocycles. The SMILES string of the molecule is CO/N=C/c1ccc(N2CCN(C(=O)c3cccc(Cl)c3)CC2)c([N+](=O)[O-])c1. The number of nitrogens with zero attached hydrogens (tertiary/aromatic N) is 4. The van der Waals surface area contributed by atoms with E-state index in [2.05, 4.69) is 9.99 Å². The lowest BCUT2D eigenvalue weighted by Crippen LogP contribution is -2.49. The Hall–Kier alpha value is -3.13. The fourth-order valence-electron chi connectivity index (χ4n) is 3.10. The molecule has 0 aromatic heterocycles. The minimum Gasteiger partial charge on any atom is -0.399 e. The Kier molecular flexibility index (Phi) is 6.10. The molecular formula is C19H19ClN4O4. The maximum atomic E-state index is 12.6. The van der Waals surface area contributed by atoms with Crippen LogP contribution in [0.2, 0.25) is 5.02 Å². The first-order valence-corrected chi connectivity index (χ1v) is 9.02. The number of benzene rings is 2. The summed E-state index contributed by atoms with van der Waals surface area (Å²) < 4.78 is 0. The number of carbonyl (C=O) groups is 1. The Morgan fingerprint density at radius 3 is 2.61 bits per heavy atom. The fraction of sp³-hybridized carbons (Fsp3) is 0.263. The van der Waals surface area contributed by atoms with Gasteiger partial charge in [-0.25, -0.2) is 0 Å². The molecule has 28 heavy (non-hydrogen) atoms. The highest BCUT2D eigenvalue weighted by atomic mass is 35.5. The molecule has 0 aliphatic carbocycles. The van der Waals surface area contributed by atoms with Crippen LogP contribution in [0.1, 0.15) is 15.9 Å². The second kappa shape index (κ2) is 8.71. The third-order valence-electron chi connectivity index (χ3n) is 4.48. The van der Waals surface area contributed by atoms with Gasteiger partial charge in [0.2, 0.25) is 0 Å². The van der Waals surface area contributed by atoms with Gasteiger partial charge in [-0.2, -0.15) is 0 Å². The highest BCUT2D eigenvalue weighted by Crippen LogP contribution is 2.30. The molecule has 3 rings (SSSR count). The summed E-state index contributed by atoms with van der Waals surface area (Å²) in [5.41, 5.74) is 1.63. The number of hydrogen-bond acceptors (Lipinski definition) is 6. The number of halogens is 1. The van der Waals surface area contributed by atoms with E-state index in [9.17, 15) is 14.9 Å². The summed E-state index contributed by atoms with van der Waals surface area (Å²) in [5.74, 6) is -0.0947. The van der Waals surface area contributed by atoms with Crippen LogP contribution in [0, 0.1) is 10.1 Å². The first-order valence-electron chi connectivity index (χ1n) is 8.64. The number of hydrogen-bond donors (Lipinski definition) is 0. The van der Waals surface area contributed by atoms with E-state index in [-0.39, 0.29) is 11.6 Å². The van der Waals surface area contributed by atoms with Crippen LogP contribution in [0.5, 0.6) is 0 Å². The molecule has 0 spiro atoms. The highest BCUT2D eigenvalue weighted by molar-refractivity contribution is 6.30. The van der Waals surface area contributed by atoms with Crippen LogP contribution in [-0.2, 0) is 4.84 Å². The predicted octanol–water partition coefficient (Wildman–Crippen LogP) is 3.19. The highest BCUT2D eigenvalue weighted by Gasteiger charge is 2.26. The van der Waals surface area contributed by atoms with E-state index in [0.717, 1.165) is 0 Å². The zero-order valence-electron chi connectivity index (χ0n) is 15.2. The van der Waals surface area contributed by atoms with Crippen LogP contribution in [0.3, 0.4) is 0 Å². The summed E-state index contributed by atoms with van der Waals surface area (Å²) in [6, 6.07) is 11.7. The molecule has 0 radical (unpaired) electrons. The molecule has 1 saturated heterocycles. The van der Waals surface area contributed by atoms with Gasteiger partial charge in [-0.15, -0.1) is 0 Å². The van der Waals surface area contributed by atoms with Gasteiger partial charge in [-0.3, -0.25) is 14.9 Å². The molecule has 1 amide bonds. The van der Waals surface area contributed by atoms with Crippen LogP contribution >= 0.6 is 11.6 Å². The number of carbonyl (C=O) groups excluding carboxylic acids is 1. The molecule has 0 N–H and O–H groups in total. The van der Waals surface area contributed by atoms with Gasteiger partial charge in [0, 0.05) is 48.4 Å². The minimum atomic E-state index is -0.414. The van der Waals surface area contributed by atoms with Crippen molar-refractivity contribution in [3.05, 3.63) is 68.7 Å². The Morgan fingerprint density at radius 1 is 1.21 bits per heavy atom. The quantitative estimate of drug-likeness (QED) is 0.435. The molecule has 2 aromatic carbocycles. The second-order valence-electron chi connectivity index (χ2n) is 6.21. The number of piperazine rings is 1. The molecule has 1 aliphatic heterocycles. The largest absolute Gasteiger partial charge is 0.399 e. The van der Waals surface area contributed by atoms with Crippen LogP contribution in [0.25, 0.3) is 0 Å². The molecule has 1 heterocycles. The van der Waals surface area contributed by atoms with Gasteiger partial charge in [-0.05, 0) is 24.3 Å². The van der Waals surface area contributed by atoms with Crippen molar-refractivity contribution in [2.24, 2.45) is 5.16 Å². The van der Waals surface area contributed by atoms with Crippen molar-refractivity contribution in [1.82, 2.24) is 4.90 Å². The third-order valence-corrected chi connectivity index (χ3v) is 4.72. The van der Waals surface area contributed by atoms with Gasteiger partial charge in [0.25, 0.3) is 11.6 Å². The van der Waals surface area contributed by atoms with E-state index in [1.54, 1.807) is 41.3 Å². The molecule has 146 valence electrons. The van der Waals surface area contributed by atoms with E-state index in [1.165, 1.54) is 19.4 Å². The lowest BCUT2D eigenvalue weighted by atomic mass is 10.1. The summed E-state index contributed by atoms with van der Waals surface area (Å²) in [6.07, 6.45) is 1.42. The van der Waals surface area contributed by atoms with Crippen LogP contribution in [0.15, 0.2) is 47.6 Å². The van der Waals surface area contributed by atoms with Gasteiger partial charge in [0.05, 0.1) is 11.1 Å². The van der Waals surface area contributed by atoms with E-state index in [4.69, 9.17) is 11.6 Å². The number of amides is 1. The third kappa shape index (κ3) is 4.40. The molecule has 0 bridgehead atoms. The summed E-state index contributed by atoms with van der Waals surface area (Å²) in [7, 11) is 1.41. The number of oxime groups is 1. The summed E-state index contributed by atoms with van der Waals surface area (Å²) in [4.78, 5) is 32.0. The maximum absolute atomic E-state index is 12.6. The Morgan fingerprint density at radius 2 is 1.96 bits per heavy atom. The van der Waals surface area contributed by atoms with Gasteiger partial charge >= 0.3 is 0 Å². The lowest BCUT2D eigenvalue weighted by molar-refractivity contribution is -0.384. The topological polar surface area (TPSA) is 88.3 Å². The molecule has 2 aromatic rings. The summed E-state index contributed by atoms with van der Waals surface area (Å²) >= 11 is 5.96. The number of anilines is 1. The van der Waals surface area contributed by atoms with Crippen molar-refractivity contribution in [3.63, 3.8) is 0 Å². The molecular weight excluding hydrogens is 384 g/mol. The van der Waals surface area contributed by atoms with E-state index < -0.39 is 4.92 Å². The molecule has 1 fully saturated rings.